The SMILES string of the molecule is C#CCOc1ccccc1C(=C)C. The minimum atomic E-state index is 0.296. The fourth-order valence-corrected chi connectivity index (χ4v) is 1.06. The zero-order valence-electron chi connectivity index (χ0n) is 7.71. The van der Waals surface area contributed by atoms with Gasteiger partial charge in [0, 0.05) is 5.56 Å². The van der Waals surface area contributed by atoms with E-state index in [9.17, 15) is 0 Å². The second-order valence-corrected chi connectivity index (χ2v) is 2.77. The molecule has 1 aromatic rings. The highest BCUT2D eigenvalue weighted by molar-refractivity contribution is 5.66. The molecule has 1 heteroatoms. The Hall–Kier alpha value is -1.68. The largest absolute Gasteiger partial charge is 0.480 e. The Labute approximate surface area is 79.0 Å². The van der Waals surface area contributed by atoms with Crippen molar-refractivity contribution in [3.8, 4) is 18.1 Å². The fourth-order valence-electron chi connectivity index (χ4n) is 1.06. The normalized spacial score (nSPS) is 8.92. The molecule has 1 aromatic carbocycles. The van der Waals surface area contributed by atoms with E-state index in [0.717, 1.165) is 16.9 Å². The third kappa shape index (κ3) is 2.38. The summed E-state index contributed by atoms with van der Waals surface area (Å²) in [7, 11) is 0. The van der Waals surface area contributed by atoms with Crippen LogP contribution in [0.15, 0.2) is 30.8 Å². The van der Waals surface area contributed by atoms with Gasteiger partial charge in [-0.3, -0.25) is 0 Å². The predicted molar refractivity (Wildman–Crippen MR) is 55.5 cm³/mol. The molecule has 0 radical (unpaired) electrons. The summed E-state index contributed by atoms with van der Waals surface area (Å²) in [5.74, 6) is 3.23. The maximum absolute atomic E-state index is 5.35. The van der Waals surface area contributed by atoms with Crippen LogP contribution in [0.2, 0.25) is 0 Å². The van der Waals surface area contributed by atoms with Crippen LogP contribution in [-0.4, -0.2) is 6.61 Å². The van der Waals surface area contributed by atoms with Gasteiger partial charge in [-0.2, -0.15) is 0 Å². The van der Waals surface area contributed by atoms with Crippen molar-refractivity contribution in [2.24, 2.45) is 0 Å². The van der Waals surface area contributed by atoms with Crippen LogP contribution in [0.5, 0.6) is 5.75 Å². The summed E-state index contributed by atoms with van der Waals surface area (Å²) in [6, 6.07) is 7.72. The average molecular weight is 172 g/mol. The standard InChI is InChI=1S/C12H12O/c1-4-9-13-12-8-6-5-7-11(12)10(2)3/h1,5-8H,2,9H2,3H3. The summed E-state index contributed by atoms with van der Waals surface area (Å²) >= 11 is 0. The lowest BCUT2D eigenvalue weighted by Gasteiger charge is -2.08. The molecule has 0 heterocycles. The van der Waals surface area contributed by atoms with Crippen LogP contribution < -0.4 is 4.74 Å². The molecule has 0 atom stereocenters. The zero-order chi connectivity index (χ0) is 9.68. The summed E-state index contributed by atoms with van der Waals surface area (Å²) in [6.07, 6.45) is 5.11. The monoisotopic (exact) mass is 172 g/mol. The van der Waals surface area contributed by atoms with E-state index in [0.29, 0.717) is 6.61 Å². The van der Waals surface area contributed by atoms with Gasteiger partial charge in [-0.1, -0.05) is 30.7 Å². The molecule has 13 heavy (non-hydrogen) atoms. The van der Waals surface area contributed by atoms with Crippen molar-refractivity contribution in [3.05, 3.63) is 36.4 Å². The predicted octanol–water partition coefficient (Wildman–Crippen LogP) is 2.73. The third-order valence-corrected chi connectivity index (χ3v) is 1.66. The molecular weight excluding hydrogens is 160 g/mol. The Balaban J connectivity index is 2.92. The van der Waals surface area contributed by atoms with Crippen LogP contribution in [0.3, 0.4) is 0 Å². The van der Waals surface area contributed by atoms with Crippen molar-refractivity contribution in [3.63, 3.8) is 0 Å². The first-order valence-electron chi connectivity index (χ1n) is 4.07. The molecule has 0 amide bonds. The minimum absolute atomic E-state index is 0.296. The molecule has 0 N–H and O–H groups in total. The van der Waals surface area contributed by atoms with E-state index < -0.39 is 0 Å². The Bertz CT molecular complexity index is 344. The topological polar surface area (TPSA) is 9.23 Å². The minimum Gasteiger partial charge on any atom is -0.480 e. The van der Waals surface area contributed by atoms with Crippen LogP contribution in [-0.2, 0) is 0 Å². The van der Waals surface area contributed by atoms with Gasteiger partial charge in [-0.15, -0.1) is 6.42 Å². The van der Waals surface area contributed by atoms with Gasteiger partial charge in [0.2, 0.25) is 0 Å². The number of hydrogen-bond acceptors (Lipinski definition) is 1. The van der Waals surface area contributed by atoms with E-state index in [2.05, 4.69) is 12.5 Å². The Kier molecular flexibility index (Phi) is 3.16. The smallest absolute Gasteiger partial charge is 0.148 e. The first-order chi connectivity index (χ1) is 6.25. The van der Waals surface area contributed by atoms with Crippen molar-refractivity contribution in [2.75, 3.05) is 6.61 Å². The van der Waals surface area contributed by atoms with E-state index in [1.54, 1.807) is 0 Å². The van der Waals surface area contributed by atoms with Crippen molar-refractivity contribution in [2.45, 2.75) is 6.92 Å². The highest BCUT2D eigenvalue weighted by Gasteiger charge is 2.01. The quantitative estimate of drug-likeness (QED) is 0.637. The summed E-state index contributed by atoms with van der Waals surface area (Å²) in [5, 5.41) is 0. The van der Waals surface area contributed by atoms with Gasteiger partial charge in [-0.25, -0.2) is 0 Å². The lowest BCUT2D eigenvalue weighted by molar-refractivity contribution is 0.369. The Morgan fingerprint density at radius 1 is 1.54 bits per heavy atom. The molecule has 0 aromatic heterocycles. The molecular formula is C12H12O. The first-order valence-corrected chi connectivity index (χ1v) is 4.07. The zero-order valence-corrected chi connectivity index (χ0v) is 7.71. The number of ether oxygens (including phenoxy) is 1. The van der Waals surface area contributed by atoms with Gasteiger partial charge in [0.1, 0.15) is 12.4 Å². The van der Waals surface area contributed by atoms with E-state index in [-0.39, 0.29) is 0 Å². The van der Waals surface area contributed by atoms with Crippen LogP contribution in [0.4, 0.5) is 0 Å². The van der Waals surface area contributed by atoms with E-state index in [4.69, 9.17) is 11.2 Å². The summed E-state index contributed by atoms with van der Waals surface area (Å²) in [5.41, 5.74) is 1.99. The molecule has 0 saturated carbocycles. The van der Waals surface area contributed by atoms with Crippen molar-refractivity contribution >= 4 is 5.57 Å². The molecule has 0 aliphatic heterocycles. The van der Waals surface area contributed by atoms with Gasteiger partial charge >= 0.3 is 0 Å². The van der Waals surface area contributed by atoms with Crippen molar-refractivity contribution in [1.29, 1.82) is 0 Å². The van der Waals surface area contributed by atoms with Crippen LogP contribution in [0.25, 0.3) is 5.57 Å². The van der Waals surface area contributed by atoms with Gasteiger partial charge < -0.3 is 4.74 Å². The van der Waals surface area contributed by atoms with E-state index in [1.165, 1.54) is 0 Å². The molecule has 1 nitrogen and oxygen atoms in total. The molecule has 0 spiro atoms. The van der Waals surface area contributed by atoms with Crippen LogP contribution in [0, 0.1) is 12.3 Å². The number of para-hydroxylation sites is 1. The summed E-state index contributed by atoms with van der Waals surface area (Å²) in [4.78, 5) is 0. The number of terminal acetylenes is 1. The molecule has 0 bridgehead atoms. The summed E-state index contributed by atoms with van der Waals surface area (Å²) < 4.78 is 5.35. The summed E-state index contributed by atoms with van der Waals surface area (Å²) in [6.45, 7) is 6.10. The lowest BCUT2D eigenvalue weighted by atomic mass is 10.1. The maximum atomic E-state index is 5.35. The third-order valence-electron chi connectivity index (χ3n) is 1.66. The number of hydrogen-bond donors (Lipinski definition) is 0. The van der Waals surface area contributed by atoms with Crippen molar-refractivity contribution in [1.82, 2.24) is 0 Å². The van der Waals surface area contributed by atoms with Gasteiger partial charge in [0.25, 0.3) is 0 Å². The van der Waals surface area contributed by atoms with E-state index >= 15 is 0 Å². The highest BCUT2D eigenvalue weighted by Crippen LogP contribution is 2.23. The van der Waals surface area contributed by atoms with Crippen LogP contribution >= 0.6 is 0 Å². The molecule has 0 unspecified atom stereocenters. The Morgan fingerprint density at radius 3 is 2.85 bits per heavy atom. The average Bonchev–Trinajstić information content (AvgIpc) is 2.15. The molecule has 0 aliphatic rings. The number of benzene rings is 1. The highest BCUT2D eigenvalue weighted by atomic mass is 16.5. The molecule has 0 aliphatic carbocycles. The second-order valence-electron chi connectivity index (χ2n) is 2.77. The van der Waals surface area contributed by atoms with E-state index in [1.807, 2.05) is 31.2 Å². The molecule has 0 saturated heterocycles. The first kappa shape index (κ1) is 9.41. The number of allylic oxidation sites excluding steroid dienone is 1. The van der Waals surface area contributed by atoms with Crippen LogP contribution in [0.1, 0.15) is 12.5 Å². The second kappa shape index (κ2) is 4.37. The van der Waals surface area contributed by atoms with Gasteiger partial charge in [0.05, 0.1) is 0 Å². The number of rotatable bonds is 3. The molecule has 66 valence electrons. The molecule has 1 rings (SSSR count). The maximum Gasteiger partial charge on any atom is 0.148 e. The van der Waals surface area contributed by atoms with Crippen molar-refractivity contribution < 1.29 is 4.74 Å². The fraction of sp³-hybridized carbons (Fsp3) is 0.167. The van der Waals surface area contributed by atoms with Gasteiger partial charge in [-0.05, 0) is 18.6 Å². The molecule has 0 fully saturated rings. The Morgan fingerprint density at radius 2 is 2.23 bits per heavy atom. The lowest BCUT2D eigenvalue weighted by Crippen LogP contribution is -1.96. The van der Waals surface area contributed by atoms with Gasteiger partial charge in [0.15, 0.2) is 0 Å².